The molecule has 2 aliphatic carbocycles. The number of urea groups is 1. The molecule has 0 saturated heterocycles. The molecule has 0 bridgehead atoms. The van der Waals surface area contributed by atoms with Crippen LogP contribution in [-0.2, 0) is 20.6 Å². The van der Waals surface area contributed by atoms with E-state index >= 15 is 0 Å². The van der Waals surface area contributed by atoms with Crippen molar-refractivity contribution in [2.24, 2.45) is 33.5 Å². The van der Waals surface area contributed by atoms with Crippen molar-refractivity contribution in [3.8, 4) is 0 Å². The minimum absolute atomic E-state index is 0.0163. The summed E-state index contributed by atoms with van der Waals surface area (Å²) < 4.78 is 16.9. The number of rotatable bonds is 53. The molecule has 6 atom stereocenters. The standard InChI is InChI=1S/C43H79N5O4.C38H74N2O4/c1-8-11-13-15-17-19-20-22-24-26-28-35(27-25-23-21-18-16-14-12-9-2)31-52-41(51)46-36-29-42(5,6)32-43(7,30-36)33-44-40(50)48-39-45-34(4)37(10-3)38(49)47-39;1-7-10-12-14-16-18-19-21-23-25-27-33(26-24-22-20-17-15-13-11-8-2)30-44-36(42)40-34-28-37(4,5)31-38(6,29-34)32-39-35(41)43-9-3/h35-36H,8-33H2,1-7H3,(H,46,51)(H3,44,45,47,48,49,50);33-34H,7-32H2,1-6H3,(H,39,41)(H,40,42). The second kappa shape index (κ2) is 52.9. The highest BCUT2D eigenvalue weighted by atomic mass is 16.6. The third-order valence-electron chi connectivity index (χ3n) is 20.7. The predicted molar refractivity (Wildman–Crippen MR) is 403 cm³/mol. The van der Waals surface area contributed by atoms with Gasteiger partial charge in [-0.05, 0) is 118 Å². The lowest BCUT2D eigenvalue weighted by Crippen LogP contribution is -2.51. The number of anilines is 1. The average molecular weight is 1350 g/mol. The number of aromatic nitrogens is 2. The average Bonchev–Trinajstić information content (AvgIpc) is 0.813. The number of H-pyrrole nitrogens is 1. The van der Waals surface area contributed by atoms with Gasteiger partial charge in [-0.25, -0.2) is 24.2 Å². The van der Waals surface area contributed by atoms with Gasteiger partial charge in [-0.15, -0.1) is 0 Å². The van der Waals surface area contributed by atoms with Crippen LogP contribution in [0.15, 0.2) is 4.79 Å². The molecular weight excluding hydrogens is 1200 g/mol. The number of ether oxygens (including phenoxy) is 3. The van der Waals surface area contributed by atoms with Crippen molar-refractivity contribution in [2.45, 2.75) is 404 Å². The van der Waals surface area contributed by atoms with E-state index in [0.29, 0.717) is 62.4 Å². The Morgan fingerprint density at radius 3 is 1.08 bits per heavy atom. The Hall–Kier alpha value is -4.04. The lowest BCUT2D eigenvalue weighted by atomic mass is 9.62. The maximum Gasteiger partial charge on any atom is 0.407 e. The number of aryl methyl sites for hydroxylation is 1. The van der Waals surface area contributed by atoms with E-state index in [1.54, 1.807) is 6.92 Å². The van der Waals surface area contributed by atoms with Crippen molar-refractivity contribution in [1.82, 2.24) is 31.2 Å². The van der Waals surface area contributed by atoms with E-state index in [1.807, 2.05) is 13.8 Å². The van der Waals surface area contributed by atoms with E-state index in [-0.39, 0.29) is 63.5 Å². The van der Waals surface area contributed by atoms with Gasteiger partial charge in [0.05, 0.1) is 19.8 Å². The number of carbonyl (C=O) groups excluding carboxylic acids is 4. The van der Waals surface area contributed by atoms with Crippen molar-refractivity contribution < 1.29 is 33.4 Å². The first-order valence-corrected chi connectivity index (χ1v) is 40.4. The van der Waals surface area contributed by atoms with Gasteiger partial charge < -0.3 is 35.5 Å². The molecule has 560 valence electrons. The summed E-state index contributed by atoms with van der Waals surface area (Å²) in [4.78, 5) is 70.3. The van der Waals surface area contributed by atoms with Crippen molar-refractivity contribution in [3.05, 3.63) is 21.6 Å². The fourth-order valence-corrected chi connectivity index (χ4v) is 16.1. The first-order chi connectivity index (χ1) is 46.0. The lowest BCUT2D eigenvalue weighted by Gasteiger charge is -2.46. The molecule has 2 aliphatic rings. The monoisotopic (exact) mass is 1350 g/mol. The minimum Gasteiger partial charge on any atom is -0.450 e. The summed E-state index contributed by atoms with van der Waals surface area (Å²) in [6.45, 7) is 30.3. The Morgan fingerprint density at radius 1 is 0.448 bits per heavy atom. The smallest absolute Gasteiger partial charge is 0.407 e. The van der Waals surface area contributed by atoms with Gasteiger partial charge in [0.25, 0.3) is 5.56 Å². The van der Waals surface area contributed by atoms with Gasteiger partial charge in [0.1, 0.15) is 0 Å². The zero-order chi connectivity index (χ0) is 70.8. The van der Waals surface area contributed by atoms with Gasteiger partial charge in [0.2, 0.25) is 5.95 Å². The number of carbonyl (C=O) groups is 4. The van der Waals surface area contributed by atoms with Crippen molar-refractivity contribution in [2.75, 3.05) is 38.2 Å². The number of unbranched alkanes of at least 4 members (excludes halogenated alkanes) is 32. The topological polar surface area (TPSA) is 202 Å². The Bertz CT molecular complexity index is 2220. The van der Waals surface area contributed by atoms with Crippen LogP contribution in [0.1, 0.15) is 390 Å². The molecule has 5 amide bonds. The molecular formula is C81H153N7O8. The summed E-state index contributed by atoms with van der Waals surface area (Å²) in [5.74, 6) is 1.02. The Morgan fingerprint density at radius 2 is 0.771 bits per heavy atom. The second-order valence-corrected chi connectivity index (χ2v) is 32.4. The van der Waals surface area contributed by atoms with Crippen molar-refractivity contribution in [3.63, 3.8) is 0 Å². The van der Waals surface area contributed by atoms with Crippen LogP contribution < -0.4 is 32.1 Å². The number of amides is 5. The fraction of sp³-hybridized carbons (Fsp3) is 0.901. The highest BCUT2D eigenvalue weighted by molar-refractivity contribution is 5.87. The maximum atomic E-state index is 13.2. The number of hydrogen-bond acceptors (Lipinski definition) is 9. The molecule has 0 aromatic carbocycles. The molecule has 0 spiro atoms. The lowest BCUT2D eigenvalue weighted by molar-refractivity contribution is 0.0598. The van der Waals surface area contributed by atoms with Crippen LogP contribution >= 0.6 is 0 Å². The van der Waals surface area contributed by atoms with Gasteiger partial charge in [0.15, 0.2) is 0 Å². The van der Waals surface area contributed by atoms with E-state index in [1.165, 1.54) is 231 Å². The molecule has 2 fully saturated rings. The zero-order valence-electron chi connectivity index (χ0n) is 64.8. The van der Waals surface area contributed by atoms with E-state index < -0.39 is 6.03 Å². The summed E-state index contributed by atoms with van der Waals surface area (Å²) in [6, 6.07) is -0.417. The fourth-order valence-electron chi connectivity index (χ4n) is 16.1. The Labute approximate surface area is 589 Å². The van der Waals surface area contributed by atoms with Gasteiger partial charge in [-0.3, -0.25) is 15.1 Å². The van der Waals surface area contributed by atoms with Crippen LogP contribution in [0.25, 0.3) is 0 Å². The predicted octanol–water partition coefficient (Wildman–Crippen LogP) is 23.0. The summed E-state index contributed by atoms with van der Waals surface area (Å²) in [5.41, 5.74) is 0.711. The molecule has 3 rings (SSSR count). The molecule has 1 aromatic heterocycles. The summed E-state index contributed by atoms with van der Waals surface area (Å²) in [7, 11) is 0. The number of nitrogens with zero attached hydrogens (tertiary/aromatic N) is 1. The second-order valence-electron chi connectivity index (χ2n) is 32.4. The van der Waals surface area contributed by atoms with E-state index in [0.717, 1.165) is 64.2 Å². The Balaban J connectivity index is 0.000000663. The third kappa shape index (κ3) is 44.2. The normalized spacial score (nSPS) is 19.5. The van der Waals surface area contributed by atoms with Crippen LogP contribution in [0.3, 0.4) is 0 Å². The summed E-state index contributed by atoms with van der Waals surface area (Å²) in [5, 5.41) is 15.0. The number of aromatic amines is 1. The van der Waals surface area contributed by atoms with Gasteiger partial charge in [-0.1, -0.05) is 307 Å². The molecule has 15 heteroatoms. The molecule has 0 radical (unpaired) electrons. The maximum absolute atomic E-state index is 13.2. The first kappa shape index (κ1) is 88.0. The van der Waals surface area contributed by atoms with E-state index in [9.17, 15) is 24.0 Å². The van der Waals surface area contributed by atoms with Crippen LogP contribution in [0, 0.1) is 40.4 Å². The Kier molecular flexibility index (Phi) is 48.5. The van der Waals surface area contributed by atoms with Crippen LogP contribution in [-0.4, -0.2) is 79.3 Å². The van der Waals surface area contributed by atoms with Crippen molar-refractivity contribution in [1.29, 1.82) is 0 Å². The summed E-state index contributed by atoms with van der Waals surface area (Å²) in [6.07, 6.45) is 57.4. The van der Waals surface area contributed by atoms with Crippen LogP contribution in [0.2, 0.25) is 0 Å². The largest absolute Gasteiger partial charge is 0.450 e. The molecule has 96 heavy (non-hydrogen) atoms. The van der Waals surface area contributed by atoms with E-state index in [2.05, 4.69) is 106 Å². The number of alkyl carbamates (subject to hydrolysis) is 3. The summed E-state index contributed by atoms with van der Waals surface area (Å²) >= 11 is 0. The molecule has 2 saturated carbocycles. The highest BCUT2D eigenvalue weighted by Crippen LogP contribution is 2.47. The highest BCUT2D eigenvalue weighted by Gasteiger charge is 2.43. The molecule has 6 N–H and O–H groups in total. The molecule has 1 aromatic rings. The van der Waals surface area contributed by atoms with Gasteiger partial charge in [0, 0.05) is 36.4 Å². The third-order valence-corrected chi connectivity index (χ3v) is 20.7. The van der Waals surface area contributed by atoms with Crippen molar-refractivity contribution >= 4 is 30.3 Å². The molecule has 1 heterocycles. The quantitative estimate of drug-likeness (QED) is 0.0271. The number of nitrogens with one attached hydrogen (secondary N) is 6. The van der Waals surface area contributed by atoms with E-state index in [4.69, 9.17) is 14.2 Å². The molecule has 6 unspecified atom stereocenters. The molecule has 0 aliphatic heterocycles. The first-order valence-electron chi connectivity index (χ1n) is 40.4. The number of hydrogen-bond donors (Lipinski definition) is 6. The van der Waals surface area contributed by atoms with Gasteiger partial charge >= 0.3 is 24.3 Å². The van der Waals surface area contributed by atoms with Crippen LogP contribution in [0.5, 0.6) is 0 Å². The van der Waals surface area contributed by atoms with Gasteiger partial charge in [-0.2, -0.15) is 0 Å². The minimum atomic E-state index is -0.412. The molecule has 15 nitrogen and oxygen atoms in total. The SMILES string of the molecule is CCCCCCCCCCCCC(CCCCCCCCCC)COC(=O)NC1CC(C)(C)CC(C)(CNC(=O)Nc2nc(C)c(CC)c(=O)[nH]2)C1.CCCCCCCCCCCCC(CCCCCCCCCC)COC(=O)NC1CC(C)(C)CC(C)(CNC(=O)OCC)C1. The van der Waals surface area contributed by atoms with Crippen LogP contribution in [0.4, 0.5) is 25.1 Å². The zero-order valence-corrected chi connectivity index (χ0v) is 64.8.